The molecule has 1 aliphatic heterocycles. The van der Waals surface area contributed by atoms with Crippen molar-refractivity contribution in [3.8, 4) is 0 Å². The van der Waals surface area contributed by atoms with Gasteiger partial charge in [-0.2, -0.15) is 0 Å². The summed E-state index contributed by atoms with van der Waals surface area (Å²) in [5.41, 5.74) is 1.80. The van der Waals surface area contributed by atoms with Crippen molar-refractivity contribution in [2.75, 3.05) is 6.54 Å². The van der Waals surface area contributed by atoms with Crippen LogP contribution in [0.3, 0.4) is 0 Å². The summed E-state index contributed by atoms with van der Waals surface area (Å²) in [4.78, 5) is 15.1. The highest BCUT2D eigenvalue weighted by Crippen LogP contribution is 2.21. The zero-order valence-corrected chi connectivity index (χ0v) is 12.3. The summed E-state index contributed by atoms with van der Waals surface area (Å²) in [6.07, 6.45) is 4.49. The third-order valence-electron chi connectivity index (χ3n) is 3.78. The second kappa shape index (κ2) is 5.47. The Morgan fingerprint density at radius 3 is 3.00 bits per heavy atom. The maximum atomic E-state index is 12.2. The summed E-state index contributed by atoms with van der Waals surface area (Å²) in [5.74, 6) is 0. The van der Waals surface area contributed by atoms with Crippen molar-refractivity contribution in [1.82, 2.24) is 10.3 Å². The molecule has 1 unspecified atom stereocenters. The van der Waals surface area contributed by atoms with Crippen molar-refractivity contribution in [3.63, 3.8) is 0 Å². The predicted molar refractivity (Wildman–Crippen MR) is 81.6 cm³/mol. The van der Waals surface area contributed by atoms with Gasteiger partial charge in [0.05, 0.1) is 5.52 Å². The lowest BCUT2D eigenvalue weighted by Crippen LogP contribution is -2.36. The van der Waals surface area contributed by atoms with Crippen LogP contribution in [0.1, 0.15) is 24.8 Å². The molecule has 4 heteroatoms. The van der Waals surface area contributed by atoms with Gasteiger partial charge < -0.3 is 10.3 Å². The van der Waals surface area contributed by atoms with Crippen LogP contribution < -0.4 is 10.9 Å². The monoisotopic (exact) mass is 320 g/mol. The Bertz CT molecular complexity index is 644. The zero-order chi connectivity index (χ0) is 13.2. The molecule has 0 saturated carbocycles. The molecule has 3 nitrogen and oxygen atoms in total. The van der Waals surface area contributed by atoms with Crippen LogP contribution in [0, 0.1) is 0 Å². The molecule has 2 heterocycles. The molecule has 19 heavy (non-hydrogen) atoms. The number of aromatic amines is 1. The molecule has 0 amide bonds. The molecule has 2 aromatic rings. The van der Waals surface area contributed by atoms with Gasteiger partial charge in [-0.3, -0.25) is 4.79 Å². The molecule has 0 bridgehead atoms. The van der Waals surface area contributed by atoms with E-state index >= 15 is 0 Å². The molecule has 0 radical (unpaired) electrons. The third kappa shape index (κ3) is 2.74. The number of pyridine rings is 1. The van der Waals surface area contributed by atoms with E-state index in [9.17, 15) is 4.79 Å². The molecule has 3 rings (SSSR count). The molecular weight excluding hydrogens is 304 g/mol. The maximum absolute atomic E-state index is 12.2. The zero-order valence-electron chi connectivity index (χ0n) is 10.7. The number of H-pyrrole nitrogens is 1. The van der Waals surface area contributed by atoms with Crippen LogP contribution in [0.2, 0.25) is 0 Å². The van der Waals surface area contributed by atoms with Crippen molar-refractivity contribution in [2.45, 2.75) is 31.7 Å². The van der Waals surface area contributed by atoms with E-state index in [-0.39, 0.29) is 5.56 Å². The molecule has 1 aliphatic rings. The fourth-order valence-electron chi connectivity index (χ4n) is 2.76. The normalized spacial score (nSPS) is 19.7. The van der Waals surface area contributed by atoms with E-state index in [2.05, 4.69) is 26.2 Å². The average Bonchev–Trinajstić information content (AvgIpc) is 2.42. The van der Waals surface area contributed by atoms with Gasteiger partial charge in [0.1, 0.15) is 0 Å². The van der Waals surface area contributed by atoms with Gasteiger partial charge in [-0.15, -0.1) is 0 Å². The molecule has 0 spiro atoms. The number of para-hydroxylation sites is 1. The van der Waals surface area contributed by atoms with E-state index in [1.807, 2.05) is 24.3 Å². The number of aromatic nitrogens is 1. The number of piperidine rings is 1. The Morgan fingerprint density at radius 2 is 2.21 bits per heavy atom. The van der Waals surface area contributed by atoms with E-state index in [4.69, 9.17) is 0 Å². The molecule has 0 aliphatic carbocycles. The van der Waals surface area contributed by atoms with Crippen molar-refractivity contribution < 1.29 is 0 Å². The average molecular weight is 321 g/mol. The summed E-state index contributed by atoms with van der Waals surface area (Å²) in [6.45, 7) is 1.07. The molecule has 100 valence electrons. The summed E-state index contributed by atoms with van der Waals surface area (Å²) in [6, 6.07) is 8.44. The van der Waals surface area contributed by atoms with Crippen LogP contribution in [0.4, 0.5) is 0 Å². The largest absolute Gasteiger partial charge is 0.321 e. The standard InChI is InChI=1S/C15H17BrN2O/c16-13-6-3-4-10-8-11(15(19)18-14(10)13)9-12-5-1-2-7-17-12/h3-4,6,8,12,17H,1-2,5,7,9H2,(H,18,19). The summed E-state index contributed by atoms with van der Waals surface area (Å²) >= 11 is 3.47. The Morgan fingerprint density at radius 1 is 1.32 bits per heavy atom. The minimum Gasteiger partial charge on any atom is -0.321 e. The maximum Gasteiger partial charge on any atom is 0.251 e. The summed E-state index contributed by atoms with van der Waals surface area (Å²) < 4.78 is 0.935. The topological polar surface area (TPSA) is 44.9 Å². The Labute approximate surface area is 120 Å². The lowest BCUT2D eigenvalue weighted by molar-refractivity contribution is 0.398. The van der Waals surface area contributed by atoms with Crippen LogP contribution in [0.5, 0.6) is 0 Å². The van der Waals surface area contributed by atoms with E-state index in [1.165, 1.54) is 12.8 Å². The lowest BCUT2D eigenvalue weighted by atomic mass is 9.98. The first-order chi connectivity index (χ1) is 9.24. The molecule has 1 fully saturated rings. The van der Waals surface area contributed by atoms with Gasteiger partial charge in [0.25, 0.3) is 5.56 Å². The highest BCUT2D eigenvalue weighted by molar-refractivity contribution is 9.10. The van der Waals surface area contributed by atoms with Crippen LogP contribution >= 0.6 is 15.9 Å². The Balaban J connectivity index is 1.95. The van der Waals surface area contributed by atoms with E-state index < -0.39 is 0 Å². The van der Waals surface area contributed by atoms with Gasteiger partial charge in [-0.25, -0.2) is 0 Å². The number of rotatable bonds is 2. The van der Waals surface area contributed by atoms with Crippen molar-refractivity contribution in [1.29, 1.82) is 0 Å². The number of hydrogen-bond donors (Lipinski definition) is 2. The van der Waals surface area contributed by atoms with E-state index in [0.717, 1.165) is 40.3 Å². The first-order valence-electron chi connectivity index (χ1n) is 6.78. The lowest BCUT2D eigenvalue weighted by Gasteiger charge is -2.23. The van der Waals surface area contributed by atoms with Gasteiger partial charge in [-0.1, -0.05) is 18.6 Å². The van der Waals surface area contributed by atoms with Crippen LogP contribution in [0.15, 0.2) is 33.5 Å². The molecule has 2 N–H and O–H groups in total. The van der Waals surface area contributed by atoms with Gasteiger partial charge in [0.2, 0.25) is 0 Å². The minimum absolute atomic E-state index is 0.0340. The van der Waals surface area contributed by atoms with Gasteiger partial charge in [-0.05, 0) is 59.3 Å². The molecule has 1 aromatic carbocycles. The third-order valence-corrected chi connectivity index (χ3v) is 4.45. The molecule has 1 aromatic heterocycles. The SMILES string of the molecule is O=c1[nH]c2c(Br)cccc2cc1CC1CCCCN1. The second-order valence-corrected chi connectivity index (χ2v) is 6.03. The quantitative estimate of drug-likeness (QED) is 0.893. The predicted octanol–water partition coefficient (Wildman–Crippen LogP) is 2.98. The highest BCUT2D eigenvalue weighted by Gasteiger charge is 2.15. The fourth-order valence-corrected chi connectivity index (χ4v) is 3.24. The van der Waals surface area contributed by atoms with Gasteiger partial charge >= 0.3 is 0 Å². The smallest absolute Gasteiger partial charge is 0.251 e. The van der Waals surface area contributed by atoms with Gasteiger partial charge in [0, 0.05) is 16.1 Å². The summed E-state index contributed by atoms with van der Waals surface area (Å²) in [5, 5.41) is 4.58. The number of hydrogen-bond acceptors (Lipinski definition) is 2. The first-order valence-corrected chi connectivity index (χ1v) is 7.57. The van der Waals surface area contributed by atoms with Crippen LogP contribution in [0.25, 0.3) is 10.9 Å². The number of fused-ring (bicyclic) bond motifs is 1. The van der Waals surface area contributed by atoms with E-state index in [1.54, 1.807) is 0 Å². The number of halogens is 1. The number of benzene rings is 1. The highest BCUT2D eigenvalue weighted by atomic mass is 79.9. The van der Waals surface area contributed by atoms with Crippen LogP contribution in [-0.4, -0.2) is 17.6 Å². The van der Waals surface area contributed by atoms with Crippen LogP contribution in [-0.2, 0) is 6.42 Å². The number of nitrogens with one attached hydrogen (secondary N) is 2. The Hall–Kier alpha value is -1.13. The Kier molecular flexibility index (Phi) is 3.71. The summed E-state index contributed by atoms with van der Waals surface area (Å²) in [7, 11) is 0. The molecule has 1 saturated heterocycles. The van der Waals surface area contributed by atoms with Crippen molar-refractivity contribution in [2.24, 2.45) is 0 Å². The second-order valence-electron chi connectivity index (χ2n) is 5.18. The fraction of sp³-hybridized carbons (Fsp3) is 0.400. The molecular formula is C15H17BrN2O. The minimum atomic E-state index is 0.0340. The van der Waals surface area contributed by atoms with E-state index in [0.29, 0.717) is 6.04 Å². The molecule has 1 atom stereocenters. The van der Waals surface area contributed by atoms with Gasteiger partial charge in [0.15, 0.2) is 0 Å². The first kappa shape index (κ1) is 12.9. The van der Waals surface area contributed by atoms with Crippen molar-refractivity contribution >= 4 is 26.8 Å². The van der Waals surface area contributed by atoms with Crippen molar-refractivity contribution in [3.05, 3.63) is 44.7 Å².